The quantitative estimate of drug-likeness (QED) is 0.661. The number of fused-ring (bicyclic) bond motifs is 2. The molecule has 0 aromatic rings. The molecule has 0 spiro atoms. The monoisotopic (exact) mass is 359 g/mol. The van der Waals surface area contributed by atoms with Crippen molar-refractivity contribution in [1.29, 1.82) is 0 Å². The van der Waals surface area contributed by atoms with Gasteiger partial charge in [0.25, 0.3) is 7.48 Å². The number of hydrogen-bond donors (Lipinski definition) is 1. The first-order valence-electron chi connectivity index (χ1n) is 5.05. The zero-order chi connectivity index (χ0) is 9.19. The van der Waals surface area contributed by atoms with E-state index >= 15 is 0 Å². The van der Waals surface area contributed by atoms with Gasteiger partial charge in [0.15, 0.2) is 0 Å². The molecule has 0 heterocycles. The van der Waals surface area contributed by atoms with Crippen LogP contribution in [0, 0.1) is 17.3 Å². The first kappa shape index (κ1) is 13.7. The summed E-state index contributed by atoms with van der Waals surface area (Å²) in [7, 11) is 1.00. The van der Waals surface area contributed by atoms with Crippen LogP contribution in [-0.2, 0) is 19.8 Å². The van der Waals surface area contributed by atoms with E-state index in [9.17, 15) is 0 Å². The largest absolute Gasteiger partial charge is 0.455 e. The van der Waals surface area contributed by atoms with Crippen LogP contribution in [0.2, 0.25) is 6.82 Å². The van der Waals surface area contributed by atoms with Gasteiger partial charge in [0.05, 0.1) is 0 Å². The third kappa shape index (κ3) is 2.80. The van der Waals surface area contributed by atoms with Crippen LogP contribution >= 0.6 is 0 Å². The summed E-state index contributed by atoms with van der Waals surface area (Å²) >= 11 is 0. The van der Waals surface area contributed by atoms with Gasteiger partial charge in [-0.3, -0.25) is 0 Å². The maximum Gasteiger partial charge on any atom is 0.283 e. The van der Waals surface area contributed by atoms with Gasteiger partial charge in [-0.1, -0.05) is 27.1 Å². The molecule has 1 radical (unpaired) electrons. The second kappa shape index (κ2) is 5.52. The second-order valence-electron chi connectivity index (χ2n) is 4.64. The van der Waals surface area contributed by atoms with Crippen LogP contribution in [0.4, 0.5) is 0 Å². The van der Waals surface area contributed by atoms with Gasteiger partial charge in [-0.25, -0.2) is 0 Å². The van der Waals surface area contributed by atoms with Crippen LogP contribution < -0.4 is 0 Å². The van der Waals surface area contributed by atoms with Crippen LogP contribution in [0.1, 0.15) is 39.5 Å². The number of rotatable bonds is 0. The molecule has 3 aliphatic carbocycles. The Balaban J connectivity index is 0.000000324. The first-order chi connectivity index (χ1) is 5.62. The predicted molar refractivity (Wildman–Crippen MR) is 53.1 cm³/mol. The Labute approximate surface area is 96.0 Å². The van der Waals surface area contributed by atoms with E-state index in [-0.39, 0.29) is 19.8 Å². The standard InChI is InChI=1S/C9H16.CH4BO.Os/c1-9(2)7-4-3-5-8(9)6-7;1-2-3;/h7-8H,3-6H2,1-2H3;3H,1H3;. The van der Waals surface area contributed by atoms with Crippen molar-refractivity contribution in [3.05, 3.63) is 0 Å². The van der Waals surface area contributed by atoms with Gasteiger partial charge < -0.3 is 5.02 Å². The predicted octanol–water partition coefficient (Wildman–Crippen LogP) is 2.48. The third-order valence-corrected chi connectivity index (χ3v) is 3.78. The number of hydrogen-bond acceptors (Lipinski definition) is 1. The zero-order valence-corrected chi connectivity index (χ0v) is 11.4. The molecule has 3 fully saturated rings. The Morgan fingerprint density at radius 2 is 1.62 bits per heavy atom. The molecular formula is C10H20BOOs. The topological polar surface area (TPSA) is 20.2 Å². The van der Waals surface area contributed by atoms with Gasteiger partial charge in [-0.2, -0.15) is 0 Å². The summed E-state index contributed by atoms with van der Waals surface area (Å²) in [6.45, 7) is 6.45. The molecule has 0 aromatic carbocycles. The van der Waals surface area contributed by atoms with Crippen LogP contribution in [0.3, 0.4) is 0 Å². The molecule has 1 nitrogen and oxygen atoms in total. The Morgan fingerprint density at radius 1 is 1.23 bits per heavy atom. The molecule has 3 heteroatoms. The molecule has 3 rings (SSSR count). The third-order valence-electron chi connectivity index (χ3n) is 3.78. The van der Waals surface area contributed by atoms with E-state index in [1.54, 1.807) is 13.2 Å². The summed E-state index contributed by atoms with van der Waals surface area (Å²) in [4.78, 5) is 0. The molecule has 0 amide bonds. The summed E-state index contributed by atoms with van der Waals surface area (Å²) in [5, 5.41) is 7.44. The van der Waals surface area contributed by atoms with E-state index in [4.69, 9.17) is 5.02 Å². The Hall–Kier alpha value is 0.661. The van der Waals surface area contributed by atoms with E-state index in [0.29, 0.717) is 0 Å². The summed E-state index contributed by atoms with van der Waals surface area (Å²) < 4.78 is 0. The Morgan fingerprint density at radius 3 is 1.77 bits per heavy atom. The molecule has 1 N–H and O–H groups in total. The fraction of sp³-hybridized carbons (Fsp3) is 1.00. The van der Waals surface area contributed by atoms with Gasteiger partial charge in [0.1, 0.15) is 0 Å². The van der Waals surface area contributed by atoms with Crippen molar-refractivity contribution < 1.29 is 24.8 Å². The van der Waals surface area contributed by atoms with Crippen LogP contribution in [0.15, 0.2) is 0 Å². The molecule has 3 saturated carbocycles. The van der Waals surface area contributed by atoms with Gasteiger partial charge in [-0.05, 0) is 36.5 Å². The van der Waals surface area contributed by atoms with E-state index in [0.717, 1.165) is 24.7 Å². The molecule has 0 aromatic heterocycles. The molecule has 0 aliphatic heterocycles. The minimum atomic E-state index is 0. The van der Waals surface area contributed by atoms with Crippen molar-refractivity contribution in [3.8, 4) is 0 Å². The zero-order valence-electron chi connectivity index (χ0n) is 8.86. The van der Waals surface area contributed by atoms with Crippen molar-refractivity contribution in [2.75, 3.05) is 0 Å². The summed E-state index contributed by atoms with van der Waals surface area (Å²) in [5.41, 5.74) is 0.734. The average molecular weight is 357 g/mol. The van der Waals surface area contributed by atoms with E-state index in [1.165, 1.54) is 19.3 Å². The fourth-order valence-corrected chi connectivity index (χ4v) is 2.71. The minimum Gasteiger partial charge on any atom is -0.455 e. The molecular weight excluding hydrogens is 337 g/mol. The molecule has 2 bridgehead atoms. The Bertz CT molecular complexity index is 134. The molecule has 2 atom stereocenters. The van der Waals surface area contributed by atoms with Gasteiger partial charge in [-0.15, -0.1) is 0 Å². The van der Waals surface area contributed by atoms with Crippen LogP contribution in [0.25, 0.3) is 0 Å². The van der Waals surface area contributed by atoms with Crippen molar-refractivity contribution in [2.24, 2.45) is 17.3 Å². The van der Waals surface area contributed by atoms with Crippen molar-refractivity contribution in [1.82, 2.24) is 0 Å². The summed E-state index contributed by atoms with van der Waals surface area (Å²) in [5.74, 6) is 2.19. The molecule has 3 aliphatic rings. The minimum absolute atomic E-state index is 0. The second-order valence-corrected chi connectivity index (χ2v) is 4.64. The molecule has 13 heavy (non-hydrogen) atoms. The van der Waals surface area contributed by atoms with Crippen LogP contribution in [0.5, 0.6) is 0 Å². The van der Waals surface area contributed by atoms with Gasteiger partial charge in [0.2, 0.25) is 0 Å². The van der Waals surface area contributed by atoms with Gasteiger partial charge in [0, 0.05) is 19.8 Å². The summed E-state index contributed by atoms with van der Waals surface area (Å²) in [6.07, 6.45) is 6.10. The Kier molecular flexibility index (Phi) is 5.80. The van der Waals surface area contributed by atoms with Gasteiger partial charge >= 0.3 is 0 Å². The smallest absolute Gasteiger partial charge is 0.283 e. The first-order valence-corrected chi connectivity index (χ1v) is 5.05. The average Bonchev–Trinajstić information content (AvgIpc) is 2.07. The molecule has 0 saturated heterocycles. The fourth-order valence-electron chi connectivity index (χ4n) is 2.71. The van der Waals surface area contributed by atoms with Crippen LogP contribution in [-0.4, -0.2) is 12.5 Å². The van der Waals surface area contributed by atoms with E-state index < -0.39 is 0 Å². The maximum atomic E-state index is 7.44. The normalized spacial score (nSPS) is 32.9. The maximum absolute atomic E-state index is 7.44. The SMILES string of the molecule is CC1(C)C2CCCC1C2.C[B]O.[Os]. The molecule has 2 unspecified atom stereocenters. The van der Waals surface area contributed by atoms with E-state index in [2.05, 4.69) is 13.8 Å². The van der Waals surface area contributed by atoms with Crippen molar-refractivity contribution in [3.63, 3.8) is 0 Å². The van der Waals surface area contributed by atoms with Crippen molar-refractivity contribution >= 4 is 7.48 Å². The summed E-state index contributed by atoms with van der Waals surface area (Å²) in [6, 6.07) is 0. The van der Waals surface area contributed by atoms with Crippen molar-refractivity contribution in [2.45, 2.75) is 46.4 Å². The van der Waals surface area contributed by atoms with E-state index in [1.807, 2.05) is 0 Å². The molecule has 77 valence electrons.